The molecule has 0 amide bonds. The van der Waals surface area contributed by atoms with E-state index in [1.807, 2.05) is 13.0 Å². The maximum atomic E-state index is 10.5. The van der Waals surface area contributed by atoms with Crippen molar-refractivity contribution in [3.05, 3.63) is 42.3 Å². The molecule has 0 bridgehead atoms. The molecule has 70 valence electrons. The van der Waals surface area contributed by atoms with Crippen molar-refractivity contribution in [2.75, 3.05) is 0 Å². The number of carboxylic acids is 1. The van der Waals surface area contributed by atoms with Crippen LogP contribution in [0.2, 0.25) is 0 Å². The van der Waals surface area contributed by atoms with E-state index in [9.17, 15) is 4.79 Å². The molecule has 0 atom stereocenters. The number of carboxylic acid groups (broad SMARTS) is 1. The van der Waals surface area contributed by atoms with Gasteiger partial charge in [0.2, 0.25) is 0 Å². The summed E-state index contributed by atoms with van der Waals surface area (Å²) in [5, 5.41) is 8.66. The number of rotatable bonds is 1. The number of aryl methyl sites for hydroxylation is 2. The van der Waals surface area contributed by atoms with Crippen molar-refractivity contribution in [3.8, 4) is 0 Å². The van der Waals surface area contributed by atoms with Crippen molar-refractivity contribution in [2.24, 2.45) is 0 Å². The van der Waals surface area contributed by atoms with Crippen LogP contribution in [0.25, 0.3) is 0 Å². The third-order valence-corrected chi connectivity index (χ3v) is 1.61. The van der Waals surface area contributed by atoms with Crippen LogP contribution in [0.3, 0.4) is 0 Å². The highest BCUT2D eigenvalue weighted by atomic mass is 16.4. The Bertz CT molecular complexity index is 290. The van der Waals surface area contributed by atoms with E-state index in [2.05, 4.69) is 0 Å². The molecule has 2 nitrogen and oxygen atoms in total. The quantitative estimate of drug-likeness (QED) is 0.717. The molecule has 4 radical (unpaired) electrons. The highest BCUT2D eigenvalue weighted by molar-refractivity contribution is 5.89. The zero-order valence-electron chi connectivity index (χ0n) is 7.09. The second-order valence-electron chi connectivity index (χ2n) is 2.62. The van der Waals surface area contributed by atoms with Crippen LogP contribution in [0.4, 0.5) is 0 Å². The van der Waals surface area contributed by atoms with Crippen molar-refractivity contribution in [1.29, 1.82) is 0 Å². The lowest BCUT2D eigenvalue weighted by Crippen LogP contribution is -1.99. The minimum atomic E-state index is -0.859. The van der Waals surface area contributed by atoms with Gasteiger partial charge in [0.15, 0.2) is 0 Å². The first-order valence-corrected chi connectivity index (χ1v) is 3.42. The topological polar surface area (TPSA) is 37.3 Å². The zero-order chi connectivity index (χ0) is 8.43. The van der Waals surface area contributed by atoms with E-state index < -0.39 is 5.97 Å². The third-order valence-electron chi connectivity index (χ3n) is 1.61. The van der Waals surface area contributed by atoms with Crippen LogP contribution in [0, 0.1) is 21.3 Å². The Labute approximate surface area is 80.2 Å². The summed E-state index contributed by atoms with van der Waals surface area (Å²) < 4.78 is 0. The van der Waals surface area contributed by atoms with E-state index in [0.29, 0.717) is 5.56 Å². The Morgan fingerprint density at radius 2 is 1.85 bits per heavy atom. The van der Waals surface area contributed by atoms with Gasteiger partial charge < -0.3 is 5.11 Å². The van der Waals surface area contributed by atoms with Crippen LogP contribution in [-0.4, -0.2) is 11.1 Å². The highest BCUT2D eigenvalue weighted by Crippen LogP contribution is 2.09. The Balaban J connectivity index is 0. The number of hydrogen-bond donors (Lipinski definition) is 1. The first-order chi connectivity index (χ1) is 5.11. The van der Waals surface area contributed by atoms with Crippen LogP contribution >= 0.6 is 0 Å². The molecule has 1 aromatic carbocycles. The smallest absolute Gasteiger partial charge is 0.335 e. The van der Waals surface area contributed by atoms with Crippen molar-refractivity contribution in [3.63, 3.8) is 0 Å². The summed E-state index contributed by atoms with van der Waals surface area (Å²) in [5.74, 6) is -0.859. The fourth-order valence-electron chi connectivity index (χ4n) is 1.05. The van der Waals surface area contributed by atoms with Gasteiger partial charge >= 0.3 is 5.97 Å². The predicted molar refractivity (Wildman–Crippen MR) is 52.8 cm³/mol. The number of aromatic carboxylic acids is 1. The van der Waals surface area contributed by atoms with E-state index >= 15 is 0 Å². The normalized spacial score (nSPS) is 8.15. The molecule has 0 unspecified atom stereocenters. The van der Waals surface area contributed by atoms with Crippen molar-refractivity contribution in [1.82, 2.24) is 0 Å². The summed E-state index contributed by atoms with van der Waals surface area (Å²) >= 11 is 0. The molecular weight excluding hydrogens is 164 g/mol. The molecule has 0 spiro atoms. The standard InChI is InChI=1S/C9H10O2.CH4.C/c1-6-3-4-8(9(10)11)7(2)5-6;;/h3-5H,1-2H3,(H,10,11);1H4;. The number of carbonyl (C=O) groups is 1. The molecule has 2 heteroatoms. The van der Waals surface area contributed by atoms with Gasteiger partial charge in [-0.15, -0.1) is 0 Å². The first kappa shape index (κ1) is 14.2. The molecule has 0 saturated carbocycles. The van der Waals surface area contributed by atoms with Gasteiger partial charge in [-0.05, 0) is 25.5 Å². The number of benzene rings is 1. The van der Waals surface area contributed by atoms with Gasteiger partial charge in [0.05, 0.1) is 5.56 Å². The molecule has 0 fully saturated rings. The van der Waals surface area contributed by atoms with Gasteiger partial charge in [0.25, 0.3) is 0 Å². The van der Waals surface area contributed by atoms with Crippen LogP contribution in [0.15, 0.2) is 18.2 Å². The lowest BCUT2D eigenvalue weighted by atomic mass is 10.1. The molecule has 13 heavy (non-hydrogen) atoms. The van der Waals surface area contributed by atoms with Crippen LogP contribution < -0.4 is 0 Å². The van der Waals surface area contributed by atoms with Gasteiger partial charge in [-0.2, -0.15) is 0 Å². The van der Waals surface area contributed by atoms with Crippen LogP contribution in [0.1, 0.15) is 28.9 Å². The van der Waals surface area contributed by atoms with Gasteiger partial charge in [-0.3, -0.25) is 0 Å². The molecule has 1 N–H and O–H groups in total. The Kier molecular flexibility index (Phi) is 5.86. The molecule has 1 rings (SSSR count). The second-order valence-corrected chi connectivity index (χ2v) is 2.62. The average Bonchev–Trinajstić information content (AvgIpc) is 1.85. The summed E-state index contributed by atoms with van der Waals surface area (Å²) in [6.07, 6.45) is 0. The molecule has 0 aliphatic heterocycles. The minimum absolute atomic E-state index is 0. The van der Waals surface area contributed by atoms with Crippen LogP contribution in [-0.2, 0) is 0 Å². The molecule has 0 aromatic heterocycles. The summed E-state index contributed by atoms with van der Waals surface area (Å²) in [6, 6.07) is 5.30. The molecule has 0 saturated heterocycles. The molecule has 0 heterocycles. The van der Waals surface area contributed by atoms with E-state index in [1.54, 1.807) is 19.1 Å². The maximum absolute atomic E-state index is 10.5. The summed E-state index contributed by atoms with van der Waals surface area (Å²) in [6.45, 7) is 3.75. The summed E-state index contributed by atoms with van der Waals surface area (Å²) in [4.78, 5) is 10.5. The summed E-state index contributed by atoms with van der Waals surface area (Å²) in [5.41, 5.74) is 2.29. The minimum Gasteiger partial charge on any atom is -0.478 e. The first-order valence-electron chi connectivity index (χ1n) is 3.42. The summed E-state index contributed by atoms with van der Waals surface area (Å²) in [7, 11) is 0. The largest absolute Gasteiger partial charge is 0.478 e. The molecule has 1 aromatic rings. The number of hydrogen-bond acceptors (Lipinski definition) is 1. The zero-order valence-corrected chi connectivity index (χ0v) is 7.09. The molecule has 0 aliphatic rings. The third kappa shape index (κ3) is 3.28. The monoisotopic (exact) mass is 178 g/mol. The Hall–Kier alpha value is -1.31. The lowest BCUT2D eigenvalue weighted by molar-refractivity contribution is 0.0696. The van der Waals surface area contributed by atoms with E-state index in [-0.39, 0.29) is 14.9 Å². The van der Waals surface area contributed by atoms with E-state index in [0.717, 1.165) is 11.1 Å². The fraction of sp³-hybridized carbons (Fsp3) is 0.273. The van der Waals surface area contributed by atoms with Crippen molar-refractivity contribution in [2.45, 2.75) is 21.3 Å². The highest BCUT2D eigenvalue weighted by Gasteiger charge is 2.04. The van der Waals surface area contributed by atoms with E-state index in [4.69, 9.17) is 5.11 Å². The van der Waals surface area contributed by atoms with Crippen molar-refractivity contribution < 1.29 is 9.90 Å². The average molecular weight is 178 g/mol. The lowest BCUT2D eigenvalue weighted by Gasteiger charge is -2.00. The fourth-order valence-corrected chi connectivity index (χ4v) is 1.05. The van der Waals surface area contributed by atoms with Gasteiger partial charge in [-0.25, -0.2) is 4.79 Å². The van der Waals surface area contributed by atoms with Crippen LogP contribution in [0.5, 0.6) is 0 Å². The second kappa shape index (κ2) is 5.36. The Morgan fingerprint density at radius 3 is 2.23 bits per heavy atom. The molecule has 0 aliphatic carbocycles. The SMILES string of the molecule is C.Cc1ccc(C(=O)O)c(C)c1.[C]. The molecular formula is C11H14O2. The predicted octanol–water partition coefficient (Wildman–Crippen LogP) is 2.72. The van der Waals surface area contributed by atoms with Crippen molar-refractivity contribution >= 4 is 5.97 Å². The van der Waals surface area contributed by atoms with Gasteiger partial charge in [-0.1, -0.05) is 25.1 Å². The van der Waals surface area contributed by atoms with Gasteiger partial charge in [0, 0.05) is 7.43 Å². The van der Waals surface area contributed by atoms with E-state index in [1.165, 1.54) is 0 Å². The van der Waals surface area contributed by atoms with Gasteiger partial charge in [0.1, 0.15) is 0 Å². The Morgan fingerprint density at radius 1 is 1.31 bits per heavy atom. The maximum Gasteiger partial charge on any atom is 0.335 e.